The highest BCUT2D eigenvalue weighted by atomic mass is 79.9. The van der Waals surface area contributed by atoms with Gasteiger partial charge in [-0.1, -0.05) is 27.5 Å². The van der Waals surface area contributed by atoms with Crippen LogP contribution in [0.15, 0.2) is 18.2 Å². The quantitative estimate of drug-likeness (QED) is 0.847. The average molecular weight is 281 g/mol. The topological polar surface area (TPSA) is 29.1 Å². The Hall–Kier alpha value is -0.610. The molecule has 0 heterocycles. The Bertz CT molecular complexity index is 346. The van der Waals surface area contributed by atoms with Crippen molar-refractivity contribution in [1.82, 2.24) is 0 Å². The third kappa shape index (κ3) is 3.27. The highest BCUT2D eigenvalue weighted by Crippen LogP contribution is 2.19. The first-order valence-electron chi connectivity index (χ1n) is 3.94. The summed E-state index contributed by atoms with van der Waals surface area (Å²) in [6.07, 6.45) is 0.298. The molecule has 0 aliphatic carbocycles. The Balaban J connectivity index is 2.75. The van der Waals surface area contributed by atoms with Crippen LogP contribution in [-0.4, -0.2) is 11.2 Å². The molecule has 0 radical (unpaired) electrons. The first-order chi connectivity index (χ1) is 6.63. The molecule has 0 bridgehead atoms. The van der Waals surface area contributed by atoms with Gasteiger partial charge < -0.3 is 5.32 Å². The van der Waals surface area contributed by atoms with Crippen molar-refractivity contribution in [1.29, 1.82) is 0 Å². The predicted molar refractivity (Wildman–Crippen MR) is 58.5 cm³/mol. The van der Waals surface area contributed by atoms with Crippen LogP contribution < -0.4 is 5.32 Å². The molecule has 0 saturated carbocycles. The van der Waals surface area contributed by atoms with Gasteiger partial charge in [-0.25, -0.2) is 4.39 Å². The number of rotatable bonds is 3. The summed E-state index contributed by atoms with van der Waals surface area (Å²) < 4.78 is 13.1. The molecule has 2 nitrogen and oxygen atoms in total. The number of alkyl halides is 1. The number of amides is 1. The van der Waals surface area contributed by atoms with Crippen molar-refractivity contribution in [3.05, 3.63) is 29.0 Å². The maximum absolute atomic E-state index is 13.1. The van der Waals surface area contributed by atoms with Crippen LogP contribution in [0.25, 0.3) is 0 Å². The van der Waals surface area contributed by atoms with Gasteiger partial charge >= 0.3 is 0 Å². The van der Waals surface area contributed by atoms with Crippen molar-refractivity contribution in [3.8, 4) is 0 Å². The van der Waals surface area contributed by atoms with Crippen LogP contribution in [0.1, 0.15) is 6.42 Å². The summed E-state index contributed by atoms with van der Waals surface area (Å²) in [5, 5.41) is 3.36. The molecule has 1 aromatic rings. The molecule has 0 spiro atoms. The smallest absolute Gasteiger partial charge is 0.225 e. The van der Waals surface area contributed by atoms with Crippen LogP contribution in [0.5, 0.6) is 0 Å². The fourth-order valence-electron chi connectivity index (χ4n) is 0.892. The zero-order chi connectivity index (χ0) is 10.6. The predicted octanol–water partition coefficient (Wildman–Crippen LogP) is 3.20. The van der Waals surface area contributed by atoms with E-state index in [-0.39, 0.29) is 11.6 Å². The van der Waals surface area contributed by atoms with Gasteiger partial charge in [0.2, 0.25) is 5.91 Å². The van der Waals surface area contributed by atoms with Crippen LogP contribution in [0.4, 0.5) is 10.1 Å². The van der Waals surface area contributed by atoms with Crippen LogP contribution in [-0.2, 0) is 4.79 Å². The molecule has 0 fully saturated rings. The summed E-state index contributed by atoms with van der Waals surface area (Å²) >= 11 is 8.77. The summed E-state index contributed by atoms with van der Waals surface area (Å²) in [7, 11) is 0. The minimum atomic E-state index is -0.489. The van der Waals surface area contributed by atoms with Gasteiger partial charge in [0.1, 0.15) is 5.82 Å². The Morgan fingerprint density at radius 2 is 2.29 bits per heavy atom. The van der Waals surface area contributed by atoms with E-state index >= 15 is 0 Å². The number of carbonyl (C=O) groups is 1. The Morgan fingerprint density at radius 3 is 2.93 bits per heavy atom. The molecule has 0 aliphatic heterocycles. The van der Waals surface area contributed by atoms with E-state index < -0.39 is 5.82 Å². The van der Waals surface area contributed by atoms with E-state index in [9.17, 15) is 9.18 Å². The molecule has 1 N–H and O–H groups in total. The third-order valence-corrected chi connectivity index (χ3v) is 2.16. The highest BCUT2D eigenvalue weighted by molar-refractivity contribution is 9.09. The number of hydrogen-bond donors (Lipinski definition) is 1. The largest absolute Gasteiger partial charge is 0.324 e. The summed E-state index contributed by atoms with van der Waals surface area (Å²) in [6.45, 7) is 0. The summed E-state index contributed by atoms with van der Waals surface area (Å²) in [5.74, 6) is -0.736. The molecule has 14 heavy (non-hydrogen) atoms. The third-order valence-electron chi connectivity index (χ3n) is 1.52. The molecule has 1 aromatic carbocycles. The molecule has 1 amide bonds. The number of carbonyl (C=O) groups excluding carboxylic acids is 1. The SMILES string of the molecule is O=C(CCBr)Nc1cc(Cl)ccc1F. The Kier molecular flexibility index (Phi) is 4.35. The van der Waals surface area contributed by atoms with Crippen LogP contribution in [0, 0.1) is 5.82 Å². The summed E-state index contributed by atoms with van der Waals surface area (Å²) in [5.41, 5.74) is 0.114. The second-order valence-electron chi connectivity index (χ2n) is 2.61. The first kappa shape index (κ1) is 11.5. The van der Waals surface area contributed by atoms with E-state index in [0.29, 0.717) is 16.8 Å². The lowest BCUT2D eigenvalue weighted by Gasteiger charge is -2.05. The molecule has 76 valence electrons. The molecule has 0 unspecified atom stereocenters. The molecular formula is C9H8BrClFNO. The fourth-order valence-corrected chi connectivity index (χ4v) is 1.42. The van der Waals surface area contributed by atoms with Crippen LogP contribution in [0.2, 0.25) is 5.02 Å². The van der Waals surface area contributed by atoms with Crippen molar-refractivity contribution >= 4 is 39.1 Å². The van der Waals surface area contributed by atoms with Gasteiger partial charge in [0.15, 0.2) is 0 Å². The zero-order valence-corrected chi connectivity index (χ0v) is 9.53. The molecule has 5 heteroatoms. The fraction of sp³-hybridized carbons (Fsp3) is 0.222. The standard InChI is InChI=1S/C9H8BrClFNO/c10-4-3-9(14)13-8-5-6(11)1-2-7(8)12/h1-2,5H,3-4H2,(H,13,14). The number of benzene rings is 1. The lowest BCUT2D eigenvalue weighted by Crippen LogP contribution is -2.12. The first-order valence-corrected chi connectivity index (χ1v) is 5.44. The second-order valence-corrected chi connectivity index (χ2v) is 3.84. The van der Waals surface area contributed by atoms with Crippen molar-refractivity contribution in [2.75, 3.05) is 10.6 Å². The second kappa shape index (κ2) is 5.32. The maximum atomic E-state index is 13.1. The van der Waals surface area contributed by atoms with E-state index in [1.54, 1.807) is 0 Å². The van der Waals surface area contributed by atoms with E-state index in [1.807, 2.05) is 0 Å². The van der Waals surface area contributed by atoms with E-state index in [1.165, 1.54) is 18.2 Å². The average Bonchev–Trinajstić information content (AvgIpc) is 2.12. The van der Waals surface area contributed by atoms with Crippen LogP contribution in [0.3, 0.4) is 0 Å². The van der Waals surface area contributed by atoms with Gasteiger partial charge in [-0.2, -0.15) is 0 Å². The Labute approximate surface area is 94.6 Å². The Morgan fingerprint density at radius 1 is 1.57 bits per heavy atom. The highest BCUT2D eigenvalue weighted by Gasteiger charge is 2.06. The van der Waals surface area contributed by atoms with Gasteiger partial charge in [0.05, 0.1) is 5.69 Å². The molecular weight excluding hydrogens is 272 g/mol. The molecule has 0 aliphatic rings. The number of anilines is 1. The normalized spacial score (nSPS) is 9.93. The molecule has 0 atom stereocenters. The van der Waals surface area contributed by atoms with E-state index in [0.717, 1.165) is 0 Å². The van der Waals surface area contributed by atoms with Gasteiger partial charge in [0.25, 0.3) is 0 Å². The van der Waals surface area contributed by atoms with Gasteiger partial charge in [-0.3, -0.25) is 4.79 Å². The van der Waals surface area contributed by atoms with Crippen molar-refractivity contribution in [2.24, 2.45) is 0 Å². The molecule has 0 saturated heterocycles. The van der Waals surface area contributed by atoms with Gasteiger partial charge in [-0.15, -0.1) is 0 Å². The number of halogens is 3. The van der Waals surface area contributed by atoms with Crippen molar-refractivity contribution in [3.63, 3.8) is 0 Å². The minimum Gasteiger partial charge on any atom is -0.324 e. The maximum Gasteiger partial charge on any atom is 0.225 e. The minimum absolute atomic E-state index is 0.114. The molecule has 1 rings (SSSR count). The number of hydrogen-bond acceptors (Lipinski definition) is 1. The summed E-state index contributed by atoms with van der Waals surface area (Å²) in [6, 6.07) is 4.02. The van der Waals surface area contributed by atoms with E-state index in [2.05, 4.69) is 21.2 Å². The molecule has 0 aromatic heterocycles. The lowest BCUT2D eigenvalue weighted by molar-refractivity contribution is -0.115. The van der Waals surface area contributed by atoms with E-state index in [4.69, 9.17) is 11.6 Å². The summed E-state index contributed by atoms with van der Waals surface area (Å²) in [4.78, 5) is 11.1. The van der Waals surface area contributed by atoms with Crippen molar-refractivity contribution in [2.45, 2.75) is 6.42 Å². The zero-order valence-electron chi connectivity index (χ0n) is 7.19. The lowest BCUT2D eigenvalue weighted by atomic mass is 10.3. The van der Waals surface area contributed by atoms with Gasteiger partial charge in [0, 0.05) is 16.8 Å². The van der Waals surface area contributed by atoms with Crippen LogP contribution >= 0.6 is 27.5 Å². The monoisotopic (exact) mass is 279 g/mol. The van der Waals surface area contributed by atoms with Crippen molar-refractivity contribution < 1.29 is 9.18 Å². The van der Waals surface area contributed by atoms with Gasteiger partial charge in [-0.05, 0) is 18.2 Å². The number of nitrogens with one attached hydrogen (secondary N) is 1.